The minimum Gasteiger partial charge on any atom is -0.318 e. The van der Waals surface area contributed by atoms with E-state index in [2.05, 4.69) is 35.0 Å². The van der Waals surface area contributed by atoms with Gasteiger partial charge >= 0.3 is 0 Å². The maximum Gasteiger partial charge on any atom is 0.0748 e. The SMILES string of the molecule is Cc1cc(/C=N/Nc2ccccc2Cl)c(C)n1-c1ccc(Cl)cc1. The van der Waals surface area contributed by atoms with Crippen molar-refractivity contribution in [1.29, 1.82) is 0 Å². The van der Waals surface area contributed by atoms with Crippen LogP contribution in [-0.2, 0) is 0 Å². The first-order valence-electron chi connectivity index (χ1n) is 7.55. The molecule has 0 saturated carbocycles. The maximum atomic E-state index is 6.11. The molecule has 0 aliphatic heterocycles. The minimum atomic E-state index is 0.640. The average molecular weight is 358 g/mol. The summed E-state index contributed by atoms with van der Waals surface area (Å²) < 4.78 is 2.17. The first-order chi connectivity index (χ1) is 11.6. The van der Waals surface area contributed by atoms with Crippen LogP contribution in [0, 0.1) is 13.8 Å². The zero-order chi connectivity index (χ0) is 17.1. The van der Waals surface area contributed by atoms with Crippen LogP contribution in [0.15, 0.2) is 59.7 Å². The number of nitrogens with one attached hydrogen (secondary N) is 1. The quantitative estimate of drug-likeness (QED) is 0.460. The zero-order valence-electron chi connectivity index (χ0n) is 13.4. The van der Waals surface area contributed by atoms with E-state index < -0.39 is 0 Å². The molecule has 122 valence electrons. The van der Waals surface area contributed by atoms with Gasteiger partial charge in [0.2, 0.25) is 0 Å². The van der Waals surface area contributed by atoms with Gasteiger partial charge in [0.15, 0.2) is 0 Å². The third-order valence-electron chi connectivity index (χ3n) is 3.82. The van der Waals surface area contributed by atoms with E-state index in [0.29, 0.717) is 5.02 Å². The lowest BCUT2D eigenvalue weighted by Crippen LogP contribution is -1.99. The van der Waals surface area contributed by atoms with Gasteiger partial charge in [-0.3, -0.25) is 5.43 Å². The highest BCUT2D eigenvalue weighted by Gasteiger charge is 2.09. The summed E-state index contributed by atoms with van der Waals surface area (Å²) in [5, 5.41) is 5.67. The molecule has 0 atom stereocenters. The second kappa shape index (κ2) is 7.12. The van der Waals surface area contributed by atoms with Crippen molar-refractivity contribution in [3.05, 3.63) is 81.6 Å². The largest absolute Gasteiger partial charge is 0.318 e. The molecule has 1 N–H and O–H groups in total. The number of aromatic nitrogens is 1. The van der Waals surface area contributed by atoms with Crippen molar-refractivity contribution in [3.63, 3.8) is 0 Å². The molecule has 3 aromatic rings. The van der Waals surface area contributed by atoms with Crippen LogP contribution in [0.1, 0.15) is 17.0 Å². The number of anilines is 1. The van der Waals surface area contributed by atoms with Crippen LogP contribution in [-0.4, -0.2) is 10.8 Å². The summed E-state index contributed by atoms with van der Waals surface area (Å²) in [6, 6.07) is 17.4. The molecule has 1 heterocycles. The van der Waals surface area contributed by atoms with E-state index in [4.69, 9.17) is 23.2 Å². The number of halogens is 2. The Morgan fingerprint density at radius 2 is 1.71 bits per heavy atom. The monoisotopic (exact) mass is 357 g/mol. The van der Waals surface area contributed by atoms with E-state index in [9.17, 15) is 0 Å². The van der Waals surface area contributed by atoms with Gasteiger partial charge in [-0.05, 0) is 56.3 Å². The smallest absolute Gasteiger partial charge is 0.0748 e. The molecule has 0 unspecified atom stereocenters. The molecule has 0 bridgehead atoms. The normalized spacial score (nSPS) is 11.2. The van der Waals surface area contributed by atoms with Crippen molar-refractivity contribution in [3.8, 4) is 5.69 Å². The number of hydrogen-bond acceptors (Lipinski definition) is 2. The summed E-state index contributed by atoms with van der Waals surface area (Å²) in [6.07, 6.45) is 1.80. The van der Waals surface area contributed by atoms with Crippen LogP contribution in [0.3, 0.4) is 0 Å². The fourth-order valence-corrected chi connectivity index (χ4v) is 2.93. The summed E-state index contributed by atoms with van der Waals surface area (Å²) in [7, 11) is 0. The molecule has 0 aliphatic carbocycles. The third-order valence-corrected chi connectivity index (χ3v) is 4.40. The van der Waals surface area contributed by atoms with Gasteiger partial charge in [0.05, 0.1) is 16.9 Å². The van der Waals surface area contributed by atoms with Gasteiger partial charge in [-0.2, -0.15) is 5.10 Å². The van der Waals surface area contributed by atoms with Crippen LogP contribution in [0.25, 0.3) is 5.69 Å². The van der Waals surface area contributed by atoms with Gasteiger partial charge in [0.1, 0.15) is 0 Å². The molecule has 0 aliphatic rings. The van der Waals surface area contributed by atoms with Crippen molar-refractivity contribution >= 4 is 35.1 Å². The topological polar surface area (TPSA) is 29.3 Å². The lowest BCUT2D eigenvalue weighted by molar-refractivity contribution is 0.965. The molecule has 0 spiro atoms. The van der Waals surface area contributed by atoms with Gasteiger partial charge < -0.3 is 4.57 Å². The Labute approximate surface area is 151 Å². The van der Waals surface area contributed by atoms with Crippen LogP contribution < -0.4 is 5.43 Å². The number of aryl methyl sites for hydroxylation is 1. The lowest BCUT2D eigenvalue weighted by atomic mass is 10.2. The summed E-state index contributed by atoms with van der Waals surface area (Å²) in [5.41, 5.74) is 8.12. The fourth-order valence-electron chi connectivity index (χ4n) is 2.63. The van der Waals surface area contributed by atoms with E-state index >= 15 is 0 Å². The second-order valence-corrected chi connectivity index (χ2v) is 6.33. The third kappa shape index (κ3) is 3.48. The number of rotatable bonds is 4. The predicted octanol–water partition coefficient (Wildman–Crippen LogP) is 5.85. The Morgan fingerprint density at radius 3 is 2.42 bits per heavy atom. The maximum absolute atomic E-state index is 6.11. The molecule has 3 nitrogen and oxygen atoms in total. The molecule has 0 fully saturated rings. The van der Waals surface area contributed by atoms with Gasteiger partial charge in [0.25, 0.3) is 0 Å². The molecule has 0 amide bonds. The van der Waals surface area contributed by atoms with Crippen molar-refractivity contribution in [1.82, 2.24) is 4.57 Å². The van der Waals surface area contributed by atoms with E-state index in [0.717, 1.165) is 33.3 Å². The van der Waals surface area contributed by atoms with Crippen LogP contribution >= 0.6 is 23.2 Å². The van der Waals surface area contributed by atoms with Gasteiger partial charge in [-0.25, -0.2) is 0 Å². The number of benzene rings is 2. The predicted molar refractivity (Wildman–Crippen MR) is 103 cm³/mol. The first-order valence-corrected chi connectivity index (χ1v) is 8.30. The number of para-hydroxylation sites is 1. The van der Waals surface area contributed by atoms with Crippen LogP contribution in [0.5, 0.6) is 0 Å². The number of hydrazone groups is 1. The van der Waals surface area contributed by atoms with Crippen molar-refractivity contribution in [2.75, 3.05) is 5.43 Å². The minimum absolute atomic E-state index is 0.640. The highest BCUT2D eigenvalue weighted by atomic mass is 35.5. The highest BCUT2D eigenvalue weighted by Crippen LogP contribution is 2.22. The summed E-state index contributed by atoms with van der Waals surface area (Å²) in [5.74, 6) is 0. The first kappa shape index (κ1) is 16.6. The molecule has 24 heavy (non-hydrogen) atoms. The van der Waals surface area contributed by atoms with Gasteiger partial charge in [-0.15, -0.1) is 0 Å². The Kier molecular flexibility index (Phi) is 4.93. The highest BCUT2D eigenvalue weighted by molar-refractivity contribution is 6.33. The van der Waals surface area contributed by atoms with E-state index in [1.54, 1.807) is 6.21 Å². The van der Waals surface area contributed by atoms with Crippen LogP contribution in [0.2, 0.25) is 10.0 Å². The lowest BCUT2D eigenvalue weighted by Gasteiger charge is -2.09. The molecule has 0 saturated heterocycles. The second-order valence-electron chi connectivity index (χ2n) is 5.49. The Hall–Kier alpha value is -2.23. The Morgan fingerprint density at radius 1 is 1.00 bits per heavy atom. The Bertz CT molecular complexity index is 880. The number of nitrogens with zero attached hydrogens (tertiary/aromatic N) is 2. The molecule has 2 aromatic carbocycles. The van der Waals surface area contributed by atoms with Crippen molar-refractivity contribution < 1.29 is 0 Å². The van der Waals surface area contributed by atoms with E-state index in [1.807, 2.05) is 48.5 Å². The van der Waals surface area contributed by atoms with E-state index in [-0.39, 0.29) is 0 Å². The van der Waals surface area contributed by atoms with Gasteiger partial charge in [0, 0.05) is 27.7 Å². The van der Waals surface area contributed by atoms with Crippen LogP contribution in [0.4, 0.5) is 5.69 Å². The summed E-state index contributed by atoms with van der Waals surface area (Å²) in [4.78, 5) is 0. The van der Waals surface area contributed by atoms with E-state index in [1.165, 1.54) is 0 Å². The molecule has 1 aromatic heterocycles. The molecular weight excluding hydrogens is 341 g/mol. The van der Waals surface area contributed by atoms with Crippen molar-refractivity contribution in [2.45, 2.75) is 13.8 Å². The molecular formula is C19H17Cl2N3. The summed E-state index contributed by atoms with van der Waals surface area (Å²) >= 11 is 12.1. The number of hydrogen-bond donors (Lipinski definition) is 1. The average Bonchev–Trinajstić information content (AvgIpc) is 2.84. The van der Waals surface area contributed by atoms with Crippen molar-refractivity contribution in [2.24, 2.45) is 5.10 Å². The zero-order valence-corrected chi connectivity index (χ0v) is 14.9. The van der Waals surface area contributed by atoms with Gasteiger partial charge in [-0.1, -0.05) is 35.3 Å². The molecule has 0 radical (unpaired) electrons. The molecule has 5 heteroatoms. The standard InChI is InChI=1S/C19H17Cl2N3/c1-13-11-15(12-22-23-19-6-4-3-5-18(19)21)14(2)24(13)17-9-7-16(20)8-10-17/h3-12,23H,1-2H3/b22-12+. The molecule has 3 rings (SSSR count). The fraction of sp³-hybridized carbons (Fsp3) is 0.105. The summed E-state index contributed by atoms with van der Waals surface area (Å²) in [6.45, 7) is 4.14. The Balaban J connectivity index is 1.85.